The number of hydrogen-bond acceptors (Lipinski definition) is 15. The van der Waals surface area contributed by atoms with Crippen LogP contribution in [0.3, 0.4) is 0 Å². The quantitative estimate of drug-likeness (QED) is 0.0724. The maximum absolute atomic E-state index is 14.2. The van der Waals surface area contributed by atoms with Crippen LogP contribution in [0.2, 0.25) is 0 Å². The minimum absolute atomic E-state index is 0.00917. The fourth-order valence-corrected chi connectivity index (χ4v) is 10.00. The Balaban J connectivity index is 0.000000145. The molecule has 3 amide bonds. The number of ether oxygens (including phenoxy) is 9. The highest BCUT2D eigenvalue weighted by Gasteiger charge is 2.29. The van der Waals surface area contributed by atoms with Gasteiger partial charge in [0.15, 0.2) is 58.5 Å². The number of methoxy groups -OCH3 is 3. The topological polar surface area (TPSA) is 209 Å². The highest BCUT2D eigenvalue weighted by Crippen LogP contribution is 2.40. The molecular weight excluding hydrogens is 1130 g/mol. The Kier molecular flexibility index (Phi) is 18.5. The van der Waals surface area contributed by atoms with E-state index in [9.17, 15) is 31.9 Å². The first kappa shape index (κ1) is 60.0. The molecule has 22 heteroatoms. The molecule has 18 nitrogen and oxygen atoms in total. The van der Waals surface area contributed by atoms with Gasteiger partial charge in [0.05, 0.1) is 57.1 Å². The van der Waals surface area contributed by atoms with Gasteiger partial charge in [0.2, 0.25) is 5.91 Å². The molecule has 3 aliphatic heterocycles. The van der Waals surface area contributed by atoms with Crippen molar-refractivity contribution in [1.82, 2.24) is 30.9 Å². The second kappa shape index (κ2) is 26.9. The number of halogens is 4. The zero-order chi connectivity index (χ0) is 61.3. The lowest BCUT2D eigenvalue weighted by atomic mass is 10.0. The van der Waals surface area contributed by atoms with E-state index >= 15 is 0 Å². The molecule has 6 aromatic carbocycles. The van der Waals surface area contributed by atoms with E-state index in [2.05, 4.69) is 30.9 Å². The van der Waals surface area contributed by atoms with Gasteiger partial charge >= 0.3 is 12.2 Å². The first-order valence-corrected chi connectivity index (χ1v) is 27.7. The summed E-state index contributed by atoms with van der Waals surface area (Å²) in [5, 5.41) is 10.4. The number of rotatable bonds is 17. The predicted molar refractivity (Wildman–Crippen MR) is 316 cm³/mol. The second-order valence-electron chi connectivity index (χ2n) is 20.6. The fraction of sp³-hybridized carbons (Fsp3) is 0.262. The second-order valence-corrected chi connectivity index (χ2v) is 20.6. The van der Waals surface area contributed by atoms with Gasteiger partial charge in [-0.3, -0.25) is 19.7 Å². The molecule has 0 aliphatic carbocycles. The Morgan fingerprint density at radius 2 is 0.908 bits per heavy atom. The van der Waals surface area contributed by atoms with Crippen molar-refractivity contribution >= 4 is 50.8 Å². The van der Waals surface area contributed by atoms with Gasteiger partial charge in [-0.05, 0) is 163 Å². The van der Waals surface area contributed by atoms with Gasteiger partial charge in [0.25, 0.3) is 0 Å². The summed E-state index contributed by atoms with van der Waals surface area (Å²) < 4.78 is 106. The highest BCUT2D eigenvalue weighted by molar-refractivity contribution is 5.92. The number of carbonyl (C=O) groups is 3. The van der Waals surface area contributed by atoms with Crippen LogP contribution in [0.15, 0.2) is 134 Å². The van der Waals surface area contributed by atoms with E-state index < -0.39 is 53.1 Å². The highest BCUT2D eigenvalue weighted by atomic mass is 19.1. The lowest BCUT2D eigenvalue weighted by Crippen LogP contribution is -2.25. The third kappa shape index (κ3) is 14.2. The summed E-state index contributed by atoms with van der Waals surface area (Å²) in [6, 6.07) is 32.6. The van der Waals surface area contributed by atoms with Crippen molar-refractivity contribution in [2.45, 2.75) is 51.6 Å². The molecule has 3 aromatic heterocycles. The summed E-state index contributed by atoms with van der Waals surface area (Å²) in [5.41, 5.74) is 5.72. The molecule has 87 heavy (non-hydrogen) atoms. The number of alkyl carbamates (subject to hydrolysis) is 2. The molecule has 3 fully saturated rings. The molecule has 9 aromatic rings. The number of aromatic nitrogens is 3. The zero-order valence-electron chi connectivity index (χ0n) is 48.1. The number of carbonyl (C=O) groups excluding carboxylic acids is 3. The van der Waals surface area contributed by atoms with Crippen molar-refractivity contribution in [2.75, 3.05) is 54.2 Å². The number of benzene rings is 6. The lowest BCUT2D eigenvalue weighted by Gasteiger charge is -2.21. The fourth-order valence-electron chi connectivity index (χ4n) is 10.00. The monoisotopic (exact) mass is 1190 g/mol. The van der Waals surface area contributed by atoms with E-state index in [4.69, 9.17) is 42.6 Å². The Morgan fingerprint density at radius 3 is 1.31 bits per heavy atom. The summed E-state index contributed by atoms with van der Waals surface area (Å²) in [6.45, 7) is 7.60. The molecule has 3 N–H and O–H groups in total. The number of nitrogens with one attached hydrogen (secondary N) is 3. The number of amides is 3. The molecule has 0 saturated carbocycles. The Bertz CT molecular complexity index is 3980. The standard InChI is InChI=1S/C23H24N2O5.C22H20F2N2O3.C20H16F2N2O4/c1-14(2)29-20-7-6-15(10-22(20)27-3)16-9-19-18(5-4-8-24-19)21(11-16)28-13-17-12-25-23(26)30-17;1-12(15-10-21(27)26-11-15)29-20-9-14(8-19-16(20)4-3-5-25-19)13-6-17(23)22(28-2)18(24)7-13;1-26-19-15(21)5-11(6-16(19)22)12-7-17-14(3-2-4-23-17)18(8-12)27-10-13-9-24-20(25)28-13/h4-11,14,17H,12-13H2,1-3H3,(H,25,26);3-9,12,15H,10-11H2,1-2H3,(H,26,27);2-8,13H,9-10H2,1H3,(H,24,25)/t17-;12-,15-;13-/m111/s1. The molecule has 4 atom stereocenters. The Morgan fingerprint density at radius 1 is 0.483 bits per heavy atom. The molecule has 450 valence electrons. The third-order valence-electron chi connectivity index (χ3n) is 14.3. The molecule has 0 radical (unpaired) electrons. The lowest BCUT2D eigenvalue weighted by molar-refractivity contribution is -0.119. The number of pyridine rings is 3. The van der Waals surface area contributed by atoms with Gasteiger partial charge in [0.1, 0.15) is 36.6 Å². The van der Waals surface area contributed by atoms with Crippen LogP contribution >= 0.6 is 0 Å². The van der Waals surface area contributed by atoms with Crippen LogP contribution in [0.5, 0.6) is 40.2 Å². The van der Waals surface area contributed by atoms with E-state index in [1.807, 2.05) is 75.4 Å². The van der Waals surface area contributed by atoms with Crippen LogP contribution in [0, 0.1) is 29.2 Å². The third-order valence-corrected chi connectivity index (χ3v) is 14.3. The number of cyclic esters (lactones) is 2. The number of hydrogen-bond donors (Lipinski definition) is 3. The molecule has 6 heterocycles. The maximum Gasteiger partial charge on any atom is 0.407 e. The van der Waals surface area contributed by atoms with Gasteiger partial charge in [0, 0.05) is 53.6 Å². The van der Waals surface area contributed by atoms with Crippen molar-refractivity contribution in [3.63, 3.8) is 0 Å². The van der Waals surface area contributed by atoms with Crippen molar-refractivity contribution in [2.24, 2.45) is 5.92 Å². The van der Waals surface area contributed by atoms with Crippen LogP contribution in [0.1, 0.15) is 27.2 Å². The van der Waals surface area contributed by atoms with E-state index in [1.165, 1.54) is 38.5 Å². The average molecular weight is 1190 g/mol. The molecule has 12 rings (SSSR count). The first-order valence-electron chi connectivity index (χ1n) is 27.7. The van der Waals surface area contributed by atoms with E-state index in [1.54, 1.807) is 62.1 Å². The minimum atomic E-state index is -0.801. The summed E-state index contributed by atoms with van der Waals surface area (Å²) in [4.78, 5) is 47.1. The number of fused-ring (bicyclic) bond motifs is 3. The molecule has 0 bridgehead atoms. The number of nitrogens with zero attached hydrogens (tertiary/aromatic N) is 3. The molecular formula is C65H60F4N6O12. The van der Waals surface area contributed by atoms with Crippen LogP contribution in [-0.2, 0) is 14.3 Å². The SMILES string of the molecule is COc1c(F)cc(-c2cc(OC[C@H]3CNC(=O)O3)c3cccnc3c2)cc1F.COc1c(F)cc(-c2cc(O[C@H](C)[C@H]3CNC(=O)C3)c3cccnc3c2)cc1F.COc1cc(-c2cc(OC[C@H]3CNC(=O)O3)c3cccnc3c2)ccc1OC(C)C. The maximum atomic E-state index is 14.2. The van der Waals surface area contributed by atoms with Crippen molar-refractivity contribution in [3.8, 4) is 73.6 Å². The summed E-state index contributed by atoms with van der Waals surface area (Å²) >= 11 is 0. The summed E-state index contributed by atoms with van der Waals surface area (Å²) in [6.07, 6.45) is 3.61. The Labute approximate surface area is 497 Å². The minimum Gasteiger partial charge on any atom is -0.493 e. The van der Waals surface area contributed by atoms with Gasteiger partial charge in [-0.25, -0.2) is 27.2 Å². The van der Waals surface area contributed by atoms with Crippen LogP contribution in [0.25, 0.3) is 66.1 Å². The summed E-state index contributed by atoms with van der Waals surface area (Å²) in [5.74, 6) is -0.903. The van der Waals surface area contributed by atoms with Crippen molar-refractivity contribution < 1.29 is 74.6 Å². The van der Waals surface area contributed by atoms with Gasteiger partial charge in [-0.15, -0.1) is 0 Å². The predicted octanol–water partition coefficient (Wildman–Crippen LogP) is 12.0. The van der Waals surface area contributed by atoms with E-state index in [-0.39, 0.29) is 43.4 Å². The van der Waals surface area contributed by atoms with E-state index in [0.717, 1.165) is 32.8 Å². The van der Waals surface area contributed by atoms with E-state index in [0.29, 0.717) is 88.1 Å². The van der Waals surface area contributed by atoms with Crippen LogP contribution in [0.4, 0.5) is 27.2 Å². The molecule has 0 unspecified atom stereocenters. The zero-order valence-corrected chi connectivity index (χ0v) is 48.1. The summed E-state index contributed by atoms with van der Waals surface area (Å²) in [7, 11) is 4.05. The Hall–Kier alpha value is -10.1. The van der Waals surface area contributed by atoms with Gasteiger partial charge < -0.3 is 58.6 Å². The van der Waals surface area contributed by atoms with Crippen LogP contribution < -0.4 is 49.1 Å². The van der Waals surface area contributed by atoms with Crippen molar-refractivity contribution in [1.29, 1.82) is 0 Å². The molecule has 3 aliphatic rings. The van der Waals surface area contributed by atoms with Crippen LogP contribution in [-0.4, -0.2) is 112 Å². The normalized spacial score (nSPS) is 16.3. The van der Waals surface area contributed by atoms with Gasteiger partial charge in [-0.2, -0.15) is 0 Å². The largest absolute Gasteiger partial charge is 0.493 e. The smallest absolute Gasteiger partial charge is 0.407 e. The first-order chi connectivity index (χ1) is 42.0. The van der Waals surface area contributed by atoms with Crippen molar-refractivity contribution in [3.05, 3.63) is 157 Å². The molecule has 3 saturated heterocycles. The van der Waals surface area contributed by atoms with Gasteiger partial charge in [-0.1, -0.05) is 6.07 Å². The average Bonchev–Trinajstić information content (AvgIpc) is 2.15. The molecule has 0 spiro atoms.